The maximum Gasteiger partial charge on any atom is 0.122 e. The summed E-state index contributed by atoms with van der Waals surface area (Å²) < 4.78 is 6.69. The average Bonchev–Trinajstić information content (AvgIpc) is 2.38. The molecule has 0 spiro atoms. The Bertz CT molecular complexity index is 447. The van der Waals surface area contributed by atoms with Crippen LogP contribution in [0, 0.1) is 0 Å². The summed E-state index contributed by atoms with van der Waals surface area (Å²) in [7, 11) is 0. The highest BCUT2D eigenvalue weighted by Crippen LogP contribution is 2.20. The van der Waals surface area contributed by atoms with E-state index >= 15 is 0 Å². The van der Waals surface area contributed by atoms with Crippen molar-refractivity contribution >= 4 is 27.7 Å². The van der Waals surface area contributed by atoms with Gasteiger partial charge in [-0.15, -0.1) is 11.8 Å². The summed E-state index contributed by atoms with van der Waals surface area (Å²) in [6.07, 6.45) is 3.47. The molecule has 2 aromatic rings. The highest BCUT2D eigenvalue weighted by molar-refractivity contribution is 9.10. The number of ether oxygens (including phenoxy) is 1. The Kier molecular flexibility index (Phi) is 4.88. The molecule has 0 radical (unpaired) electrons. The van der Waals surface area contributed by atoms with Crippen molar-refractivity contribution in [3.05, 3.63) is 53.3 Å². The lowest BCUT2D eigenvalue weighted by Crippen LogP contribution is -1.99. The van der Waals surface area contributed by atoms with Crippen LogP contribution < -0.4 is 4.74 Å². The molecule has 1 heterocycles. The molecule has 17 heavy (non-hydrogen) atoms. The number of halogens is 1. The zero-order valence-corrected chi connectivity index (χ0v) is 11.6. The molecule has 0 saturated carbocycles. The average molecular weight is 310 g/mol. The van der Waals surface area contributed by atoms with E-state index in [1.165, 1.54) is 4.90 Å². The van der Waals surface area contributed by atoms with Gasteiger partial charge in [-0.05, 0) is 36.4 Å². The Morgan fingerprint density at radius 1 is 1.06 bits per heavy atom. The van der Waals surface area contributed by atoms with E-state index in [2.05, 4.69) is 33.0 Å². The Labute approximate surface area is 114 Å². The molecule has 0 aliphatic carbocycles. The van der Waals surface area contributed by atoms with Gasteiger partial charge in [0.2, 0.25) is 0 Å². The summed E-state index contributed by atoms with van der Waals surface area (Å²) in [4.78, 5) is 5.20. The molecule has 1 aromatic carbocycles. The largest absolute Gasteiger partial charge is 0.493 e. The van der Waals surface area contributed by atoms with Crippen LogP contribution in [0.15, 0.2) is 58.2 Å². The molecule has 2 nitrogen and oxygen atoms in total. The molecule has 0 aliphatic heterocycles. The fourth-order valence-electron chi connectivity index (χ4n) is 1.28. The van der Waals surface area contributed by atoms with Crippen molar-refractivity contribution in [2.45, 2.75) is 4.90 Å². The van der Waals surface area contributed by atoms with E-state index in [1.807, 2.05) is 24.3 Å². The van der Waals surface area contributed by atoms with Crippen molar-refractivity contribution in [1.82, 2.24) is 4.98 Å². The Morgan fingerprint density at radius 3 is 2.47 bits per heavy atom. The molecule has 0 unspecified atom stereocenters. The molecular weight excluding hydrogens is 298 g/mol. The van der Waals surface area contributed by atoms with Crippen molar-refractivity contribution in [1.29, 1.82) is 0 Å². The van der Waals surface area contributed by atoms with Gasteiger partial charge in [-0.25, -0.2) is 0 Å². The Hall–Kier alpha value is -1.00. The lowest BCUT2D eigenvalue weighted by atomic mass is 10.4. The molecular formula is C13H12BrNOS. The standard InChI is InChI=1S/C13H12BrNOS/c14-11-1-3-13(4-2-11)17-10-9-16-12-5-7-15-8-6-12/h1-8H,9-10H2. The Morgan fingerprint density at radius 2 is 1.76 bits per heavy atom. The number of aromatic nitrogens is 1. The van der Waals surface area contributed by atoms with Crippen molar-refractivity contribution < 1.29 is 4.74 Å². The molecule has 0 saturated heterocycles. The second kappa shape index (κ2) is 6.67. The predicted molar refractivity (Wildman–Crippen MR) is 74.6 cm³/mol. The minimum atomic E-state index is 0.699. The number of benzene rings is 1. The van der Waals surface area contributed by atoms with Crippen LogP contribution in [0.5, 0.6) is 5.75 Å². The van der Waals surface area contributed by atoms with E-state index in [1.54, 1.807) is 24.2 Å². The van der Waals surface area contributed by atoms with Gasteiger partial charge >= 0.3 is 0 Å². The molecule has 0 aliphatic rings. The first-order valence-electron chi connectivity index (χ1n) is 5.26. The second-order valence-corrected chi connectivity index (χ2v) is 5.42. The summed E-state index contributed by atoms with van der Waals surface area (Å²) >= 11 is 5.20. The molecule has 2 rings (SSSR count). The van der Waals surface area contributed by atoms with Crippen LogP contribution in [0.1, 0.15) is 0 Å². The highest BCUT2D eigenvalue weighted by atomic mass is 79.9. The van der Waals surface area contributed by atoms with Gasteiger partial charge < -0.3 is 4.74 Å². The van der Waals surface area contributed by atoms with Crippen LogP contribution in [0.2, 0.25) is 0 Å². The normalized spacial score (nSPS) is 10.2. The fourth-order valence-corrected chi connectivity index (χ4v) is 2.28. The van der Waals surface area contributed by atoms with E-state index in [9.17, 15) is 0 Å². The van der Waals surface area contributed by atoms with Crippen LogP contribution in [-0.2, 0) is 0 Å². The van der Waals surface area contributed by atoms with E-state index in [-0.39, 0.29) is 0 Å². The van der Waals surface area contributed by atoms with Gasteiger partial charge in [0.1, 0.15) is 5.75 Å². The SMILES string of the molecule is Brc1ccc(SCCOc2ccncc2)cc1. The van der Waals surface area contributed by atoms with E-state index in [4.69, 9.17) is 4.74 Å². The van der Waals surface area contributed by atoms with Crippen molar-refractivity contribution in [3.63, 3.8) is 0 Å². The second-order valence-electron chi connectivity index (χ2n) is 3.33. The van der Waals surface area contributed by atoms with Crippen molar-refractivity contribution in [2.24, 2.45) is 0 Å². The smallest absolute Gasteiger partial charge is 0.122 e. The van der Waals surface area contributed by atoms with E-state index < -0.39 is 0 Å². The van der Waals surface area contributed by atoms with Gasteiger partial charge in [-0.2, -0.15) is 0 Å². The summed E-state index contributed by atoms with van der Waals surface area (Å²) in [5.41, 5.74) is 0. The minimum absolute atomic E-state index is 0.699. The first kappa shape index (κ1) is 12.5. The van der Waals surface area contributed by atoms with Crippen LogP contribution in [0.4, 0.5) is 0 Å². The minimum Gasteiger partial charge on any atom is -0.493 e. The zero-order valence-electron chi connectivity index (χ0n) is 9.17. The van der Waals surface area contributed by atoms with E-state index in [0.717, 1.165) is 16.0 Å². The summed E-state index contributed by atoms with van der Waals surface area (Å²) in [6.45, 7) is 0.699. The number of pyridine rings is 1. The van der Waals surface area contributed by atoms with Crippen LogP contribution >= 0.6 is 27.7 Å². The number of hydrogen-bond donors (Lipinski definition) is 0. The molecule has 0 N–H and O–H groups in total. The van der Waals surface area contributed by atoms with E-state index in [0.29, 0.717) is 6.61 Å². The topological polar surface area (TPSA) is 22.1 Å². The molecule has 4 heteroatoms. The fraction of sp³-hybridized carbons (Fsp3) is 0.154. The number of rotatable bonds is 5. The first-order chi connectivity index (χ1) is 8.34. The van der Waals surface area contributed by atoms with Gasteiger partial charge in [-0.3, -0.25) is 4.98 Å². The third-order valence-corrected chi connectivity index (χ3v) is 3.59. The molecule has 88 valence electrons. The molecule has 0 bridgehead atoms. The van der Waals surface area contributed by atoms with Gasteiger partial charge in [0.05, 0.1) is 6.61 Å². The zero-order chi connectivity index (χ0) is 11.9. The third-order valence-electron chi connectivity index (χ3n) is 2.08. The van der Waals surface area contributed by atoms with Crippen LogP contribution in [0.25, 0.3) is 0 Å². The molecule has 0 atom stereocenters. The lowest BCUT2D eigenvalue weighted by Gasteiger charge is -2.05. The molecule has 0 amide bonds. The summed E-state index contributed by atoms with van der Waals surface area (Å²) in [5.74, 6) is 1.81. The number of nitrogens with zero attached hydrogens (tertiary/aromatic N) is 1. The van der Waals surface area contributed by atoms with Crippen LogP contribution in [-0.4, -0.2) is 17.3 Å². The summed E-state index contributed by atoms with van der Waals surface area (Å²) in [6, 6.07) is 12.0. The first-order valence-corrected chi connectivity index (χ1v) is 7.03. The number of thioether (sulfide) groups is 1. The summed E-state index contributed by atoms with van der Waals surface area (Å²) in [5, 5.41) is 0. The third kappa shape index (κ3) is 4.40. The van der Waals surface area contributed by atoms with Crippen molar-refractivity contribution in [3.8, 4) is 5.75 Å². The lowest BCUT2D eigenvalue weighted by molar-refractivity contribution is 0.343. The maximum absolute atomic E-state index is 5.58. The maximum atomic E-state index is 5.58. The van der Waals surface area contributed by atoms with Gasteiger partial charge in [0.15, 0.2) is 0 Å². The predicted octanol–water partition coefficient (Wildman–Crippen LogP) is 4.02. The Balaban J connectivity index is 1.71. The van der Waals surface area contributed by atoms with Crippen molar-refractivity contribution in [2.75, 3.05) is 12.4 Å². The molecule has 0 fully saturated rings. The van der Waals surface area contributed by atoms with Crippen LogP contribution in [0.3, 0.4) is 0 Å². The number of hydrogen-bond acceptors (Lipinski definition) is 3. The highest BCUT2D eigenvalue weighted by Gasteiger charge is 1.95. The van der Waals surface area contributed by atoms with Gasteiger partial charge in [0, 0.05) is 27.5 Å². The van der Waals surface area contributed by atoms with Gasteiger partial charge in [0.25, 0.3) is 0 Å². The monoisotopic (exact) mass is 309 g/mol. The molecule has 1 aromatic heterocycles. The van der Waals surface area contributed by atoms with Gasteiger partial charge in [-0.1, -0.05) is 15.9 Å². The quantitative estimate of drug-likeness (QED) is 0.615.